The highest BCUT2D eigenvalue weighted by Gasteiger charge is 2.07. The smallest absolute Gasteiger partial charge is 0.0326 e. The van der Waals surface area contributed by atoms with Gasteiger partial charge in [-0.25, -0.2) is 0 Å². The molecule has 1 atom stereocenters. The van der Waals surface area contributed by atoms with E-state index in [0.717, 1.165) is 0 Å². The molecule has 0 spiro atoms. The lowest BCUT2D eigenvalue weighted by atomic mass is 10.1. The lowest BCUT2D eigenvalue weighted by Gasteiger charge is -2.18. The predicted molar refractivity (Wildman–Crippen MR) is 141 cm³/mol. The molecular formula is C25H58OP2. The van der Waals surface area contributed by atoms with Crippen molar-refractivity contribution in [3.05, 3.63) is 0 Å². The fraction of sp³-hybridized carbons (Fsp3) is 1.00. The molecule has 0 aromatic rings. The Morgan fingerprint density at radius 3 is 0.857 bits per heavy atom. The monoisotopic (exact) mass is 436 g/mol. The molecule has 0 aliphatic heterocycles. The summed E-state index contributed by atoms with van der Waals surface area (Å²) in [6.45, 7) is 8.88. The van der Waals surface area contributed by atoms with E-state index in [0.29, 0.717) is 7.92 Å². The summed E-state index contributed by atoms with van der Waals surface area (Å²) in [4.78, 5) is 0. The Morgan fingerprint density at radius 2 is 0.607 bits per heavy atom. The van der Waals surface area contributed by atoms with E-state index in [1.807, 2.05) is 6.66 Å². The van der Waals surface area contributed by atoms with Crippen LogP contribution in [0.2, 0.25) is 0 Å². The summed E-state index contributed by atoms with van der Waals surface area (Å²) < 4.78 is 0. The maximum atomic E-state index is 2.42. The minimum absolute atomic E-state index is 0. The van der Waals surface area contributed by atoms with Crippen LogP contribution in [0.4, 0.5) is 0 Å². The number of hydrogen-bond acceptors (Lipinski definition) is 0. The van der Waals surface area contributed by atoms with Gasteiger partial charge in [-0.3, -0.25) is 0 Å². The zero-order valence-corrected chi connectivity index (χ0v) is 22.4. The van der Waals surface area contributed by atoms with Crippen molar-refractivity contribution in [1.82, 2.24) is 0 Å². The molecule has 0 aromatic carbocycles. The molecule has 174 valence electrons. The first-order valence-corrected chi connectivity index (χ1v) is 15.7. The average molecular weight is 437 g/mol. The molecule has 0 saturated carbocycles. The molecule has 3 heteroatoms. The van der Waals surface area contributed by atoms with Crippen molar-refractivity contribution in [2.75, 3.05) is 25.2 Å². The summed E-state index contributed by atoms with van der Waals surface area (Å²) >= 11 is 0. The normalized spacial score (nSPS) is 10.5. The topological polar surface area (TPSA) is 31.5 Å². The van der Waals surface area contributed by atoms with Gasteiger partial charge in [-0.2, -0.15) is 0 Å². The number of rotatable bonds is 21. The van der Waals surface area contributed by atoms with Crippen LogP contribution in [-0.2, 0) is 0 Å². The standard InChI is InChI=1S/C24H51P.CH5P.H2O/c1-4-7-10-13-16-19-22-25(23-20-17-14-11-8-5-2)24-21-18-15-12-9-6-3;1-2;/h4-24H2,1-3H3;2H2,1H3;1H2. The van der Waals surface area contributed by atoms with E-state index in [4.69, 9.17) is 0 Å². The van der Waals surface area contributed by atoms with Crippen LogP contribution in [0, 0.1) is 0 Å². The summed E-state index contributed by atoms with van der Waals surface area (Å²) in [6, 6.07) is 0. The van der Waals surface area contributed by atoms with Gasteiger partial charge in [0.1, 0.15) is 0 Å². The highest BCUT2D eigenvalue weighted by molar-refractivity contribution is 7.57. The van der Waals surface area contributed by atoms with Gasteiger partial charge in [0.15, 0.2) is 0 Å². The van der Waals surface area contributed by atoms with E-state index < -0.39 is 0 Å². The second-order valence-electron chi connectivity index (χ2n) is 8.14. The molecule has 1 unspecified atom stereocenters. The average Bonchev–Trinajstić information content (AvgIpc) is 2.70. The molecule has 0 rings (SSSR count). The fourth-order valence-corrected chi connectivity index (χ4v) is 6.37. The molecule has 0 bridgehead atoms. The minimum Gasteiger partial charge on any atom is -0.412 e. The molecule has 0 radical (unpaired) electrons. The third-order valence-corrected chi connectivity index (χ3v) is 8.33. The number of hydrogen-bond donors (Lipinski definition) is 0. The van der Waals surface area contributed by atoms with Crippen LogP contribution in [-0.4, -0.2) is 30.6 Å². The fourth-order valence-electron chi connectivity index (χ4n) is 3.68. The molecular weight excluding hydrogens is 378 g/mol. The summed E-state index contributed by atoms with van der Waals surface area (Å²) in [5.74, 6) is 0. The first-order valence-electron chi connectivity index (χ1n) is 12.6. The molecule has 2 N–H and O–H groups in total. The Morgan fingerprint density at radius 1 is 0.393 bits per heavy atom. The Balaban J connectivity index is -0.00000201. The van der Waals surface area contributed by atoms with Crippen LogP contribution in [0.5, 0.6) is 0 Å². The third kappa shape index (κ3) is 29.0. The first kappa shape index (κ1) is 33.5. The van der Waals surface area contributed by atoms with Crippen LogP contribution in [0.3, 0.4) is 0 Å². The van der Waals surface area contributed by atoms with Crippen molar-refractivity contribution >= 4 is 17.2 Å². The van der Waals surface area contributed by atoms with Crippen LogP contribution in [0.1, 0.15) is 136 Å². The minimum atomic E-state index is 0. The molecule has 0 aliphatic rings. The highest BCUT2D eigenvalue weighted by atomic mass is 31.1. The van der Waals surface area contributed by atoms with Crippen LogP contribution in [0.15, 0.2) is 0 Å². The largest absolute Gasteiger partial charge is 0.412 e. The van der Waals surface area contributed by atoms with Crippen LogP contribution >= 0.6 is 17.2 Å². The van der Waals surface area contributed by atoms with E-state index in [9.17, 15) is 0 Å². The summed E-state index contributed by atoms with van der Waals surface area (Å²) in [5, 5.41) is 0. The summed E-state index contributed by atoms with van der Waals surface area (Å²) in [7, 11) is 2.78. The quantitative estimate of drug-likeness (QED) is 0.127. The molecule has 0 heterocycles. The molecule has 0 saturated heterocycles. The second-order valence-corrected chi connectivity index (χ2v) is 10.8. The zero-order chi connectivity index (χ0) is 20.4. The van der Waals surface area contributed by atoms with E-state index in [-0.39, 0.29) is 5.48 Å². The summed E-state index contributed by atoms with van der Waals surface area (Å²) in [5.41, 5.74) is 0. The van der Waals surface area contributed by atoms with Crippen LogP contribution in [0.25, 0.3) is 0 Å². The summed E-state index contributed by atoms with van der Waals surface area (Å²) in [6.07, 6.45) is 31.2. The van der Waals surface area contributed by atoms with E-state index in [1.165, 1.54) is 116 Å². The first-order chi connectivity index (χ1) is 13.3. The van der Waals surface area contributed by atoms with Crippen molar-refractivity contribution < 1.29 is 5.48 Å². The Labute approximate surface area is 184 Å². The molecule has 0 amide bonds. The van der Waals surface area contributed by atoms with Crippen molar-refractivity contribution in [2.24, 2.45) is 0 Å². The molecule has 0 aliphatic carbocycles. The molecule has 0 fully saturated rings. The molecule has 1 nitrogen and oxygen atoms in total. The van der Waals surface area contributed by atoms with Crippen molar-refractivity contribution in [1.29, 1.82) is 0 Å². The van der Waals surface area contributed by atoms with Crippen LogP contribution < -0.4 is 0 Å². The van der Waals surface area contributed by atoms with Gasteiger partial charge >= 0.3 is 0 Å². The van der Waals surface area contributed by atoms with Crippen molar-refractivity contribution in [3.8, 4) is 0 Å². The zero-order valence-electron chi connectivity index (χ0n) is 20.4. The Hall–Kier alpha value is 0.820. The van der Waals surface area contributed by atoms with Crippen molar-refractivity contribution in [2.45, 2.75) is 136 Å². The van der Waals surface area contributed by atoms with Gasteiger partial charge in [0.25, 0.3) is 0 Å². The van der Waals surface area contributed by atoms with Crippen molar-refractivity contribution in [3.63, 3.8) is 0 Å². The molecule has 28 heavy (non-hydrogen) atoms. The van der Waals surface area contributed by atoms with Gasteiger partial charge in [0.05, 0.1) is 0 Å². The van der Waals surface area contributed by atoms with E-state index in [2.05, 4.69) is 30.0 Å². The lowest BCUT2D eigenvalue weighted by Crippen LogP contribution is -1.97. The van der Waals surface area contributed by atoms with Gasteiger partial charge in [-0.05, 0) is 37.7 Å². The second kappa shape index (κ2) is 32.5. The predicted octanol–water partition coefficient (Wildman–Crippen LogP) is 9.22. The SMILES string of the molecule is CCCCCCCCP(CCCCCCCC)CCCCCCCC.CP.O. The maximum Gasteiger partial charge on any atom is -0.0326 e. The lowest BCUT2D eigenvalue weighted by molar-refractivity contribution is 0.617. The highest BCUT2D eigenvalue weighted by Crippen LogP contribution is 2.39. The maximum absolute atomic E-state index is 2.42. The van der Waals surface area contributed by atoms with Gasteiger partial charge in [0, 0.05) is 0 Å². The Bertz CT molecular complexity index is 199. The third-order valence-electron chi connectivity index (χ3n) is 5.48. The van der Waals surface area contributed by atoms with Gasteiger partial charge in [0.2, 0.25) is 0 Å². The van der Waals surface area contributed by atoms with E-state index in [1.54, 1.807) is 18.5 Å². The number of unbranched alkanes of at least 4 members (excludes halogenated alkanes) is 15. The Kier molecular flexibility index (Phi) is 38.8. The van der Waals surface area contributed by atoms with Gasteiger partial charge < -0.3 is 5.48 Å². The molecule has 0 aromatic heterocycles. The van der Waals surface area contributed by atoms with E-state index >= 15 is 0 Å². The van der Waals surface area contributed by atoms with Gasteiger partial charge in [-0.1, -0.05) is 124 Å². The van der Waals surface area contributed by atoms with Gasteiger partial charge in [-0.15, -0.1) is 17.2 Å².